The van der Waals surface area contributed by atoms with Crippen molar-refractivity contribution in [3.8, 4) is 0 Å². The highest BCUT2D eigenvalue weighted by atomic mass is 16.7. The summed E-state index contributed by atoms with van der Waals surface area (Å²) in [5, 5.41) is 93.5. The predicted octanol–water partition coefficient (Wildman–Crippen LogP) is -3.89. The average Bonchev–Trinajstić information content (AvgIpc) is 3.03. The summed E-state index contributed by atoms with van der Waals surface area (Å²) in [7, 11) is 0. The van der Waals surface area contributed by atoms with Crippen LogP contribution in [-0.4, -0.2) is 164 Å². The number of nitrogens with one attached hydrogen (secondary N) is 2. The van der Waals surface area contributed by atoms with Gasteiger partial charge in [-0.05, 0) is 64.8 Å². The molecule has 0 radical (unpaired) electrons. The van der Waals surface area contributed by atoms with Gasteiger partial charge in [0.05, 0.1) is 19.3 Å². The van der Waals surface area contributed by atoms with E-state index in [0.717, 1.165) is 0 Å². The van der Waals surface area contributed by atoms with E-state index in [2.05, 4.69) is 10.6 Å². The highest BCUT2D eigenvalue weighted by Gasteiger charge is 2.45. The van der Waals surface area contributed by atoms with Crippen LogP contribution in [0.15, 0.2) is 0 Å². The van der Waals surface area contributed by atoms with E-state index in [-0.39, 0.29) is 31.3 Å². The van der Waals surface area contributed by atoms with Gasteiger partial charge in [-0.25, -0.2) is 0 Å². The minimum absolute atomic E-state index is 0.0981. The second kappa shape index (κ2) is 21.5. The summed E-state index contributed by atoms with van der Waals surface area (Å²) in [5.41, 5.74) is 0. The number of rotatable bonds is 22. The summed E-state index contributed by atoms with van der Waals surface area (Å²) in [4.78, 5) is 24.4. The van der Waals surface area contributed by atoms with E-state index in [4.69, 9.17) is 18.9 Å². The summed E-state index contributed by atoms with van der Waals surface area (Å²) in [6.45, 7) is 1.07. The Morgan fingerprint density at radius 2 is 1.20 bits per heavy atom. The molecule has 0 saturated carbocycles. The third-order valence-corrected chi connectivity index (χ3v) is 8.06. The van der Waals surface area contributed by atoms with Crippen molar-refractivity contribution in [2.45, 2.75) is 138 Å². The SMILES string of the molecule is CC(=O)C(CCCCNC(O)CCCCOC1OC(CO)C(O)C(O)C1O)NC(=O)CCCCOC1OC(CO)C(O)C(O)C1O. The maximum absolute atomic E-state index is 12.4. The van der Waals surface area contributed by atoms with Crippen molar-refractivity contribution < 1.29 is 74.5 Å². The first kappa shape index (κ1) is 40.8. The average molecular weight is 671 g/mol. The minimum Gasteiger partial charge on any atom is -0.394 e. The van der Waals surface area contributed by atoms with Crippen molar-refractivity contribution in [2.75, 3.05) is 33.0 Å². The largest absolute Gasteiger partial charge is 0.394 e. The Balaban J connectivity index is 1.52. The molecule has 46 heavy (non-hydrogen) atoms. The number of unbranched alkanes of at least 4 members (excludes halogenated alkanes) is 3. The zero-order valence-corrected chi connectivity index (χ0v) is 26.3. The quantitative estimate of drug-likeness (QED) is 0.0388. The van der Waals surface area contributed by atoms with E-state index >= 15 is 0 Å². The second-order valence-electron chi connectivity index (χ2n) is 11.8. The van der Waals surface area contributed by atoms with Gasteiger partial charge < -0.3 is 70.2 Å². The van der Waals surface area contributed by atoms with Gasteiger partial charge in [0.1, 0.15) is 55.1 Å². The Morgan fingerprint density at radius 1 is 0.696 bits per heavy atom. The van der Waals surface area contributed by atoms with Crippen molar-refractivity contribution in [3.63, 3.8) is 0 Å². The Kier molecular flexibility index (Phi) is 19.1. The van der Waals surface area contributed by atoms with E-state index in [1.54, 1.807) is 0 Å². The lowest BCUT2D eigenvalue weighted by atomic mass is 9.99. The molecule has 2 fully saturated rings. The minimum atomic E-state index is -1.53. The van der Waals surface area contributed by atoms with Crippen LogP contribution in [0.2, 0.25) is 0 Å². The summed E-state index contributed by atoms with van der Waals surface area (Å²) < 4.78 is 21.4. The first-order valence-corrected chi connectivity index (χ1v) is 16.0. The molecule has 0 aromatic carbocycles. The van der Waals surface area contributed by atoms with Crippen LogP contribution < -0.4 is 10.6 Å². The number of hydrogen-bond donors (Lipinski definition) is 11. The Bertz CT molecular complexity index is 868. The van der Waals surface area contributed by atoms with Crippen LogP contribution >= 0.6 is 0 Å². The second-order valence-corrected chi connectivity index (χ2v) is 11.8. The van der Waals surface area contributed by atoms with Crippen LogP contribution in [0, 0.1) is 0 Å². The number of Topliss-reactive ketones (excluding diaryl/α,β-unsaturated/α-hetero) is 1. The smallest absolute Gasteiger partial charge is 0.220 e. The van der Waals surface area contributed by atoms with Crippen LogP contribution in [0.3, 0.4) is 0 Å². The molecule has 1 amide bonds. The first-order valence-electron chi connectivity index (χ1n) is 16.0. The number of amides is 1. The lowest BCUT2D eigenvalue weighted by molar-refractivity contribution is -0.301. The molecule has 2 aliphatic rings. The fourth-order valence-corrected chi connectivity index (χ4v) is 5.12. The molecule has 0 aromatic heterocycles. The zero-order valence-electron chi connectivity index (χ0n) is 26.3. The molecule has 0 aliphatic carbocycles. The number of carbonyl (C=O) groups is 2. The number of hydrogen-bond acceptors (Lipinski definition) is 16. The number of carbonyl (C=O) groups excluding carboxylic acids is 2. The van der Waals surface area contributed by atoms with Gasteiger partial charge in [-0.1, -0.05) is 0 Å². The summed E-state index contributed by atoms with van der Waals surface area (Å²) in [6.07, 6.45) is -9.91. The summed E-state index contributed by atoms with van der Waals surface area (Å²) in [5.74, 6) is -0.463. The van der Waals surface area contributed by atoms with E-state index in [0.29, 0.717) is 57.9 Å². The monoisotopic (exact) mass is 670 g/mol. The fourth-order valence-electron chi connectivity index (χ4n) is 5.12. The lowest BCUT2D eigenvalue weighted by Crippen LogP contribution is -2.59. The van der Waals surface area contributed by atoms with Gasteiger partial charge >= 0.3 is 0 Å². The van der Waals surface area contributed by atoms with Gasteiger partial charge in [0.15, 0.2) is 18.4 Å². The van der Waals surface area contributed by atoms with Gasteiger partial charge in [-0.15, -0.1) is 0 Å². The molecule has 2 rings (SSSR count). The molecule has 2 heterocycles. The maximum Gasteiger partial charge on any atom is 0.220 e. The molecule has 2 aliphatic heterocycles. The molecule has 12 atom stereocenters. The van der Waals surface area contributed by atoms with Gasteiger partial charge in [0, 0.05) is 19.6 Å². The van der Waals surface area contributed by atoms with Gasteiger partial charge in [-0.3, -0.25) is 14.9 Å². The topological polar surface area (TPSA) is 277 Å². The number of ketones is 1. The summed E-state index contributed by atoms with van der Waals surface area (Å²) in [6, 6.07) is -0.633. The van der Waals surface area contributed by atoms with Crippen molar-refractivity contribution >= 4 is 11.7 Å². The number of aliphatic hydroxyl groups is 9. The Hall–Kier alpha value is -1.42. The van der Waals surface area contributed by atoms with Crippen LogP contribution in [0.1, 0.15) is 64.7 Å². The van der Waals surface area contributed by atoms with Crippen LogP contribution in [0.5, 0.6) is 0 Å². The van der Waals surface area contributed by atoms with Crippen molar-refractivity contribution in [2.24, 2.45) is 0 Å². The fraction of sp³-hybridized carbons (Fsp3) is 0.931. The molecule has 2 saturated heterocycles. The van der Waals surface area contributed by atoms with Crippen molar-refractivity contribution in [1.82, 2.24) is 10.6 Å². The van der Waals surface area contributed by atoms with Crippen LogP contribution in [0.25, 0.3) is 0 Å². The molecule has 270 valence electrons. The van der Waals surface area contributed by atoms with E-state index in [1.807, 2.05) is 0 Å². The number of aliphatic hydroxyl groups excluding tert-OH is 9. The highest BCUT2D eigenvalue weighted by Crippen LogP contribution is 2.23. The zero-order chi connectivity index (χ0) is 34.2. The third kappa shape index (κ3) is 13.2. The van der Waals surface area contributed by atoms with Gasteiger partial charge in [0.25, 0.3) is 0 Å². The Labute approximate surface area is 268 Å². The number of ether oxygens (including phenoxy) is 4. The van der Waals surface area contributed by atoms with Gasteiger partial charge in [0.2, 0.25) is 5.91 Å². The van der Waals surface area contributed by atoms with E-state index in [9.17, 15) is 55.5 Å². The first-order chi connectivity index (χ1) is 21.9. The van der Waals surface area contributed by atoms with Crippen molar-refractivity contribution in [3.05, 3.63) is 0 Å². The molecule has 0 spiro atoms. The molecular formula is C29H54N2O15. The molecule has 0 aromatic rings. The normalized spacial score (nSPS) is 33.0. The third-order valence-electron chi connectivity index (χ3n) is 8.06. The van der Waals surface area contributed by atoms with Crippen molar-refractivity contribution in [1.29, 1.82) is 0 Å². The Morgan fingerprint density at radius 3 is 1.70 bits per heavy atom. The lowest BCUT2D eigenvalue weighted by Gasteiger charge is -2.39. The highest BCUT2D eigenvalue weighted by molar-refractivity contribution is 5.87. The molecule has 17 nitrogen and oxygen atoms in total. The maximum atomic E-state index is 12.4. The molecule has 0 bridgehead atoms. The van der Waals surface area contributed by atoms with Crippen LogP contribution in [-0.2, 0) is 28.5 Å². The molecule has 11 N–H and O–H groups in total. The summed E-state index contributed by atoms with van der Waals surface area (Å²) >= 11 is 0. The predicted molar refractivity (Wildman–Crippen MR) is 158 cm³/mol. The molecule has 12 unspecified atom stereocenters. The molecule has 17 heteroatoms. The van der Waals surface area contributed by atoms with Gasteiger partial charge in [-0.2, -0.15) is 0 Å². The molecular weight excluding hydrogens is 616 g/mol. The van der Waals surface area contributed by atoms with E-state index in [1.165, 1.54) is 6.92 Å². The standard InChI is InChI=1S/C29H54N2O15/c1-16(34)17(31-21(36)10-4-7-13-44-29-27(42)25(40)23(38)19(15-33)46-29)8-2-5-11-30-20(35)9-3-6-12-43-28-26(41)24(39)22(37)18(14-32)45-28/h17-20,22-30,32-33,35,37-42H,2-15H2,1H3,(H,31,36). The van der Waals surface area contributed by atoms with Crippen LogP contribution in [0.4, 0.5) is 0 Å². The van der Waals surface area contributed by atoms with E-state index < -0.39 is 86.9 Å².